The lowest BCUT2D eigenvalue weighted by Crippen LogP contribution is -2.12. The molecule has 0 unspecified atom stereocenters. The van der Waals surface area contributed by atoms with Gasteiger partial charge in [-0.1, -0.05) is 0 Å². The Morgan fingerprint density at radius 3 is 2.41 bits per heavy atom. The predicted molar refractivity (Wildman–Crippen MR) is 63.9 cm³/mol. The van der Waals surface area contributed by atoms with Crippen molar-refractivity contribution in [2.24, 2.45) is 0 Å². The molecule has 1 heterocycles. The van der Waals surface area contributed by atoms with Crippen LogP contribution in [0.5, 0.6) is 0 Å². The maximum absolute atomic E-state index is 11.6. The third-order valence-electron chi connectivity index (χ3n) is 1.85. The molecule has 5 nitrogen and oxygen atoms in total. The summed E-state index contributed by atoms with van der Waals surface area (Å²) in [6.45, 7) is 3.92. The van der Waals surface area contributed by atoms with Gasteiger partial charge in [-0.25, -0.2) is 14.6 Å². The Morgan fingerprint density at radius 2 is 1.82 bits per heavy atom. The number of carbonyl (C=O) groups excluding carboxylic acids is 2. The lowest BCUT2D eigenvalue weighted by Gasteiger charge is -2.07. The minimum atomic E-state index is -0.578. The highest BCUT2D eigenvalue weighted by molar-refractivity contribution is 9.10. The number of hydrogen-bond acceptors (Lipinski definition) is 5. The van der Waals surface area contributed by atoms with Gasteiger partial charge in [0.05, 0.1) is 23.2 Å². The Kier molecular flexibility index (Phi) is 5.09. The fourth-order valence-electron chi connectivity index (χ4n) is 1.15. The predicted octanol–water partition coefficient (Wildman–Crippen LogP) is 2.20. The zero-order valence-corrected chi connectivity index (χ0v) is 11.1. The summed E-state index contributed by atoms with van der Waals surface area (Å²) in [5, 5.41) is 0. The number of ether oxygens (including phenoxy) is 2. The van der Waals surface area contributed by atoms with Crippen LogP contribution in [0.2, 0.25) is 0 Å². The van der Waals surface area contributed by atoms with Crippen molar-refractivity contribution in [3.63, 3.8) is 0 Å². The highest BCUT2D eigenvalue weighted by Crippen LogP contribution is 2.21. The Morgan fingerprint density at radius 1 is 1.24 bits per heavy atom. The molecule has 0 N–H and O–H groups in total. The fraction of sp³-hybridized carbons (Fsp3) is 0.364. The molecule has 0 aliphatic heterocycles. The second-order valence-electron chi connectivity index (χ2n) is 2.96. The van der Waals surface area contributed by atoms with Gasteiger partial charge in [0.15, 0.2) is 5.69 Å². The molecule has 92 valence electrons. The average molecular weight is 302 g/mol. The molecule has 0 aromatic carbocycles. The SMILES string of the molecule is CCOC(=O)c1ccnc(C(=O)OCC)c1Br. The minimum Gasteiger partial charge on any atom is -0.462 e. The smallest absolute Gasteiger partial charge is 0.358 e. The molecule has 0 atom stereocenters. The van der Waals surface area contributed by atoms with E-state index < -0.39 is 11.9 Å². The summed E-state index contributed by atoms with van der Waals surface area (Å²) < 4.78 is 9.96. The number of nitrogens with zero attached hydrogens (tertiary/aromatic N) is 1. The van der Waals surface area contributed by atoms with Gasteiger partial charge in [0, 0.05) is 6.20 Å². The molecular formula is C11H12BrNO4. The van der Waals surface area contributed by atoms with E-state index in [1.165, 1.54) is 12.3 Å². The standard InChI is InChI=1S/C11H12BrNO4/c1-3-16-10(14)7-5-6-13-9(8(7)12)11(15)17-4-2/h5-6H,3-4H2,1-2H3. The summed E-state index contributed by atoms with van der Waals surface area (Å²) in [5.74, 6) is -1.09. The van der Waals surface area contributed by atoms with Crippen LogP contribution in [0.1, 0.15) is 34.7 Å². The molecule has 0 amide bonds. The van der Waals surface area contributed by atoms with E-state index in [2.05, 4.69) is 20.9 Å². The third-order valence-corrected chi connectivity index (χ3v) is 2.66. The topological polar surface area (TPSA) is 65.5 Å². The summed E-state index contributed by atoms with van der Waals surface area (Å²) in [4.78, 5) is 27.0. The summed E-state index contributed by atoms with van der Waals surface area (Å²) in [5.41, 5.74) is 0.322. The number of pyridine rings is 1. The van der Waals surface area contributed by atoms with E-state index >= 15 is 0 Å². The first-order valence-electron chi connectivity index (χ1n) is 5.10. The molecule has 0 saturated heterocycles. The Labute approximate surface area is 107 Å². The van der Waals surface area contributed by atoms with Crippen LogP contribution in [0.15, 0.2) is 16.7 Å². The molecule has 6 heteroatoms. The first-order chi connectivity index (χ1) is 8.11. The van der Waals surface area contributed by atoms with Crippen LogP contribution in [-0.2, 0) is 9.47 Å². The molecule has 1 aromatic rings. The van der Waals surface area contributed by atoms with Crippen LogP contribution in [0.3, 0.4) is 0 Å². The summed E-state index contributed by atoms with van der Waals surface area (Å²) in [6.07, 6.45) is 1.36. The third kappa shape index (κ3) is 3.26. The van der Waals surface area contributed by atoms with Crippen molar-refractivity contribution in [1.29, 1.82) is 0 Å². The monoisotopic (exact) mass is 301 g/mol. The number of carbonyl (C=O) groups is 2. The largest absolute Gasteiger partial charge is 0.462 e. The summed E-state index contributed by atoms with van der Waals surface area (Å²) >= 11 is 3.16. The van der Waals surface area contributed by atoms with E-state index in [1.54, 1.807) is 13.8 Å². The van der Waals surface area contributed by atoms with Gasteiger partial charge in [0.1, 0.15) is 0 Å². The van der Waals surface area contributed by atoms with Crippen LogP contribution in [0.4, 0.5) is 0 Å². The van der Waals surface area contributed by atoms with E-state index in [4.69, 9.17) is 9.47 Å². The maximum atomic E-state index is 11.6. The van der Waals surface area contributed by atoms with Gasteiger partial charge < -0.3 is 9.47 Å². The Bertz CT molecular complexity index is 397. The number of esters is 2. The maximum Gasteiger partial charge on any atom is 0.358 e. The highest BCUT2D eigenvalue weighted by atomic mass is 79.9. The average Bonchev–Trinajstić information content (AvgIpc) is 2.29. The van der Waals surface area contributed by atoms with Crippen LogP contribution in [0, 0.1) is 0 Å². The van der Waals surface area contributed by atoms with Crippen molar-refractivity contribution >= 4 is 27.9 Å². The van der Waals surface area contributed by atoms with Crippen molar-refractivity contribution in [2.45, 2.75) is 13.8 Å². The van der Waals surface area contributed by atoms with Crippen LogP contribution in [0.25, 0.3) is 0 Å². The van der Waals surface area contributed by atoms with Crippen LogP contribution < -0.4 is 0 Å². The van der Waals surface area contributed by atoms with Crippen molar-refractivity contribution in [3.8, 4) is 0 Å². The van der Waals surface area contributed by atoms with Crippen LogP contribution >= 0.6 is 15.9 Å². The van der Waals surface area contributed by atoms with Gasteiger partial charge in [0.2, 0.25) is 0 Å². The number of aromatic nitrogens is 1. The van der Waals surface area contributed by atoms with E-state index in [0.717, 1.165) is 0 Å². The lowest BCUT2D eigenvalue weighted by molar-refractivity contribution is 0.0517. The molecule has 17 heavy (non-hydrogen) atoms. The van der Waals surface area contributed by atoms with Gasteiger partial charge in [0.25, 0.3) is 0 Å². The van der Waals surface area contributed by atoms with Crippen LogP contribution in [-0.4, -0.2) is 30.1 Å². The second kappa shape index (κ2) is 6.34. The summed E-state index contributed by atoms with van der Waals surface area (Å²) in [7, 11) is 0. The molecule has 0 spiro atoms. The lowest BCUT2D eigenvalue weighted by atomic mass is 10.2. The van der Waals surface area contributed by atoms with E-state index in [-0.39, 0.29) is 28.9 Å². The molecule has 0 aliphatic rings. The van der Waals surface area contributed by atoms with Crippen molar-refractivity contribution in [2.75, 3.05) is 13.2 Å². The number of rotatable bonds is 4. The van der Waals surface area contributed by atoms with Crippen molar-refractivity contribution in [3.05, 3.63) is 28.0 Å². The summed E-state index contributed by atoms with van der Waals surface area (Å²) in [6, 6.07) is 1.48. The molecule has 0 saturated carbocycles. The van der Waals surface area contributed by atoms with E-state index in [9.17, 15) is 9.59 Å². The minimum absolute atomic E-state index is 0.0670. The molecule has 0 radical (unpaired) electrons. The zero-order valence-electron chi connectivity index (χ0n) is 9.53. The van der Waals surface area contributed by atoms with Crippen molar-refractivity contribution in [1.82, 2.24) is 4.98 Å². The van der Waals surface area contributed by atoms with Gasteiger partial charge in [-0.15, -0.1) is 0 Å². The van der Waals surface area contributed by atoms with E-state index in [1.807, 2.05) is 0 Å². The molecule has 0 aliphatic carbocycles. The van der Waals surface area contributed by atoms with E-state index in [0.29, 0.717) is 0 Å². The molecule has 1 aromatic heterocycles. The number of hydrogen-bond donors (Lipinski definition) is 0. The van der Waals surface area contributed by atoms with Crippen molar-refractivity contribution < 1.29 is 19.1 Å². The van der Waals surface area contributed by atoms with Gasteiger partial charge in [-0.2, -0.15) is 0 Å². The normalized spacial score (nSPS) is 9.82. The number of halogens is 1. The highest BCUT2D eigenvalue weighted by Gasteiger charge is 2.20. The molecular weight excluding hydrogens is 290 g/mol. The first-order valence-corrected chi connectivity index (χ1v) is 5.89. The zero-order chi connectivity index (χ0) is 12.8. The second-order valence-corrected chi connectivity index (χ2v) is 3.76. The quantitative estimate of drug-likeness (QED) is 0.798. The van der Waals surface area contributed by atoms with Gasteiger partial charge in [-0.3, -0.25) is 0 Å². The Balaban J connectivity index is 3.07. The molecule has 1 rings (SSSR count). The molecule has 0 fully saturated rings. The Hall–Kier alpha value is -1.43. The first kappa shape index (κ1) is 13.6. The fourth-order valence-corrected chi connectivity index (χ4v) is 1.71. The molecule has 0 bridgehead atoms. The van der Waals surface area contributed by atoms with Gasteiger partial charge >= 0.3 is 11.9 Å². The van der Waals surface area contributed by atoms with Gasteiger partial charge in [-0.05, 0) is 35.8 Å².